The summed E-state index contributed by atoms with van der Waals surface area (Å²) in [6.07, 6.45) is 1.13. The first-order valence-corrected chi connectivity index (χ1v) is 8.63. The molecule has 0 bridgehead atoms. The maximum absolute atomic E-state index is 11.9. The number of benzene rings is 1. The summed E-state index contributed by atoms with van der Waals surface area (Å²) < 4.78 is 23.3. The van der Waals surface area contributed by atoms with E-state index in [0.717, 1.165) is 11.9 Å². The summed E-state index contributed by atoms with van der Waals surface area (Å²) in [7, 11) is -3.34. The Hall–Kier alpha value is -1.73. The lowest BCUT2D eigenvalue weighted by atomic mass is 10.1. The van der Waals surface area contributed by atoms with Crippen molar-refractivity contribution < 1.29 is 13.2 Å². The van der Waals surface area contributed by atoms with Crippen LogP contribution >= 0.6 is 11.3 Å². The Morgan fingerprint density at radius 1 is 1.35 bits per heavy atom. The van der Waals surface area contributed by atoms with E-state index in [1.807, 2.05) is 12.3 Å². The van der Waals surface area contributed by atoms with E-state index in [2.05, 4.69) is 10.3 Å². The van der Waals surface area contributed by atoms with E-state index in [-0.39, 0.29) is 17.2 Å². The Labute approximate surface area is 121 Å². The monoisotopic (exact) mass is 310 g/mol. The minimum Gasteiger partial charge on any atom is -0.302 e. The highest BCUT2D eigenvalue weighted by Crippen LogP contribution is 2.18. The van der Waals surface area contributed by atoms with Crippen molar-refractivity contribution in [3.63, 3.8) is 0 Å². The lowest BCUT2D eigenvalue weighted by molar-refractivity contribution is -0.115. The molecule has 0 fully saturated rings. The number of nitrogens with one attached hydrogen (secondary N) is 1. The smallest absolute Gasteiger partial charge is 0.230 e. The number of amides is 1. The average molecular weight is 310 g/mol. The van der Waals surface area contributed by atoms with Crippen molar-refractivity contribution in [1.82, 2.24) is 4.98 Å². The highest BCUT2D eigenvalue weighted by molar-refractivity contribution is 7.90. The molecule has 1 aromatic carbocycles. The van der Waals surface area contributed by atoms with E-state index < -0.39 is 9.84 Å². The van der Waals surface area contributed by atoms with Gasteiger partial charge in [0.25, 0.3) is 0 Å². The summed E-state index contributed by atoms with van der Waals surface area (Å²) >= 11 is 1.34. The molecule has 0 spiro atoms. The Bertz CT molecular complexity index is 736. The first-order chi connectivity index (χ1) is 9.36. The van der Waals surface area contributed by atoms with E-state index in [4.69, 9.17) is 0 Å². The molecule has 0 radical (unpaired) electrons. The Morgan fingerprint density at radius 2 is 2.05 bits per heavy atom. The largest absolute Gasteiger partial charge is 0.302 e. The Morgan fingerprint density at radius 3 is 2.65 bits per heavy atom. The third-order valence-corrected chi connectivity index (χ3v) is 4.66. The van der Waals surface area contributed by atoms with Crippen LogP contribution in [0.4, 0.5) is 5.13 Å². The molecule has 5 nitrogen and oxygen atoms in total. The van der Waals surface area contributed by atoms with Gasteiger partial charge < -0.3 is 5.32 Å². The number of thiazole rings is 1. The van der Waals surface area contributed by atoms with Gasteiger partial charge in [0.05, 0.1) is 17.0 Å². The molecule has 0 atom stereocenters. The highest BCUT2D eigenvalue weighted by Gasteiger charge is 2.15. The fourth-order valence-corrected chi connectivity index (χ4v) is 3.41. The molecule has 1 N–H and O–H groups in total. The van der Waals surface area contributed by atoms with E-state index >= 15 is 0 Å². The van der Waals surface area contributed by atoms with Crippen LogP contribution in [0.25, 0.3) is 0 Å². The van der Waals surface area contributed by atoms with Gasteiger partial charge in [0.1, 0.15) is 0 Å². The maximum atomic E-state index is 11.9. The van der Waals surface area contributed by atoms with Gasteiger partial charge in [-0.05, 0) is 18.6 Å². The number of carbonyl (C=O) groups is 1. The normalized spacial score (nSPS) is 11.3. The van der Waals surface area contributed by atoms with Crippen LogP contribution in [0.2, 0.25) is 0 Å². The third-order valence-electron chi connectivity index (χ3n) is 2.59. The molecule has 106 valence electrons. The van der Waals surface area contributed by atoms with Gasteiger partial charge in [0.2, 0.25) is 5.91 Å². The topological polar surface area (TPSA) is 76.1 Å². The second kappa shape index (κ2) is 5.72. The molecule has 2 aromatic rings. The van der Waals surface area contributed by atoms with Crippen LogP contribution in [-0.4, -0.2) is 25.6 Å². The van der Waals surface area contributed by atoms with Gasteiger partial charge in [0, 0.05) is 11.6 Å². The minimum absolute atomic E-state index is 0.00186. The summed E-state index contributed by atoms with van der Waals surface area (Å²) in [5.74, 6) is -0.282. The fourth-order valence-electron chi connectivity index (χ4n) is 1.76. The van der Waals surface area contributed by atoms with Gasteiger partial charge in [-0.3, -0.25) is 4.79 Å². The van der Waals surface area contributed by atoms with E-state index in [1.165, 1.54) is 17.4 Å². The van der Waals surface area contributed by atoms with Crippen LogP contribution in [0, 0.1) is 6.92 Å². The van der Waals surface area contributed by atoms with E-state index in [1.54, 1.807) is 18.2 Å². The van der Waals surface area contributed by atoms with Crippen molar-refractivity contribution >= 4 is 32.2 Å². The molecule has 0 aliphatic rings. The highest BCUT2D eigenvalue weighted by atomic mass is 32.2. The van der Waals surface area contributed by atoms with Crippen LogP contribution in [0.15, 0.2) is 34.5 Å². The second-order valence-electron chi connectivity index (χ2n) is 4.40. The molecule has 7 heteroatoms. The van der Waals surface area contributed by atoms with Crippen molar-refractivity contribution in [2.75, 3.05) is 11.6 Å². The van der Waals surface area contributed by atoms with Crippen molar-refractivity contribution in [3.05, 3.63) is 40.9 Å². The zero-order valence-corrected chi connectivity index (χ0v) is 12.7. The molecule has 0 aliphatic carbocycles. The fraction of sp³-hybridized carbons (Fsp3) is 0.231. The van der Waals surface area contributed by atoms with Gasteiger partial charge in [-0.2, -0.15) is 0 Å². The zero-order valence-electron chi connectivity index (χ0n) is 11.1. The predicted molar refractivity (Wildman–Crippen MR) is 78.7 cm³/mol. The molecule has 20 heavy (non-hydrogen) atoms. The molecule has 0 unspecified atom stereocenters. The van der Waals surface area contributed by atoms with Crippen molar-refractivity contribution in [3.8, 4) is 0 Å². The number of nitrogens with zero attached hydrogens (tertiary/aromatic N) is 1. The summed E-state index contributed by atoms with van der Waals surface area (Å²) in [5, 5.41) is 5.01. The number of hydrogen-bond acceptors (Lipinski definition) is 5. The lowest BCUT2D eigenvalue weighted by Gasteiger charge is -2.07. The molecule has 0 saturated carbocycles. The number of aryl methyl sites for hydroxylation is 1. The molecule has 1 amide bonds. The number of carbonyl (C=O) groups excluding carboxylic acids is 1. The number of sulfone groups is 1. The SMILES string of the molecule is Cc1csc(NC(=O)Cc2ccccc2S(C)(=O)=O)n1. The first-order valence-electron chi connectivity index (χ1n) is 5.86. The molecule has 0 saturated heterocycles. The van der Waals surface area contributed by atoms with Crippen LogP contribution < -0.4 is 5.32 Å². The van der Waals surface area contributed by atoms with Crippen LogP contribution in [0.3, 0.4) is 0 Å². The molecular weight excluding hydrogens is 296 g/mol. The first kappa shape index (κ1) is 14.7. The van der Waals surface area contributed by atoms with Crippen molar-refractivity contribution in [1.29, 1.82) is 0 Å². The summed E-state index contributed by atoms with van der Waals surface area (Å²) in [6.45, 7) is 1.84. The van der Waals surface area contributed by atoms with Crippen molar-refractivity contribution in [2.24, 2.45) is 0 Å². The van der Waals surface area contributed by atoms with E-state index in [9.17, 15) is 13.2 Å². The van der Waals surface area contributed by atoms with Crippen LogP contribution in [0.1, 0.15) is 11.3 Å². The zero-order chi connectivity index (χ0) is 14.8. The van der Waals surface area contributed by atoms with Crippen LogP contribution in [0.5, 0.6) is 0 Å². The van der Waals surface area contributed by atoms with Gasteiger partial charge in [-0.15, -0.1) is 11.3 Å². The van der Waals surface area contributed by atoms with Gasteiger partial charge in [-0.25, -0.2) is 13.4 Å². The molecule has 1 aromatic heterocycles. The Kier molecular flexibility index (Phi) is 4.20. The average Bonchev–Trinajstić information content (AvgIpc) is 2.73. The number of rotatable bonds is 4. The summed E-state index contributed by atoms with van der Waals surface area (Å²) in [4.78, 5) is 16.2. The number of hydrogen-bond donors (Lipinski definition) is 1. The minimum atomic E-state index is -3.34. The third kappa shape index (κ3) is 3.64. The molecule has 1 heterocycles. The quantitative estimate of drug-likeness (QED) is 0.937. The summed E-state index contributed by atoms with van der Waals surface area (Å²) in [5.41, 5.74) is 1.32. The van der Waals surface area contributed by atoms with Gasteiger partial charge in [0.15, 0.2) is 15.0 Å². The molecule has 0 aliphatic heterocycles. The predicted octanol–water partition coefficient (Wildman–Crippen LogP) is 2.04. The van der Waals surface area contributed by atoms with Gasteiger partial charge in [-0.1, -0.05) is 18.2 Å². The standard InChI is InChI=1S/C13H14N2O3S2/c1-9-8-19-13(14-9)15-12(16)7-10-5-3-4-6-11(10)20(2,17)18/h3-6,8H,7H2,1-2H3,(H,14,15,16). The second-order valence-corrected chi connectivity index (χ2v) is 7.24. The number of aromatic nitrogens is 1. The molecule has 2 rings (SSSR count). The molecular formula is C13H14N2O3S2. The van der Waals surface area contributed by atoms with Crippen molar-refractivity contribution in [2.45, 2.75) is 18.2 Å². The summed E-state index contributed by atoms with van der Waals surface area (Å²) in [6, 6.07) is 6.50. The maximum Gasteiger partial charge on any atom is 0.230 e. The van der Waals surface area contributed by atoms with E-state index in [0.29, 0.717) is 10.7 Å². The van der Waals surface area contributed by atoms with Gasteiger partial charge >= 0.3 is 0 Å². The number of anilines is 1. The Balaban J connectivity index is 2.16. The lowest BCUT2D eigenvalue weighted by Crippen LogP contribution is -2.16. The van der Waals surface area contributed by atoms with Crippen LogP contribution in [-0.2, 0) is 21.1 Å².